The summed E-state index contributed by atoms with van der Waals surface area (Å²) < 4.78 is 14.7. The van der Waals surface area contributed by atoms with Crippen LogP contribution in [0.4, 0.5) is 0 Å². The molecule has 0 saturated heterocycles. The number of hydrogen-bond acceptors (Lipinski definition) is 7. The standard InChI is InChI=1S/C8H10NO6P.C4H9NO2/c1-5-8(11)7(3-10)6(2-9-5)4-15-16(12,13)14;5-3-1-2-4(6)7/h2-3,11H,4H2,1H3,(H2,12,13,14);1-3,5H2,(H,6,7). The van der Waals surface area contributed by atoms with Gasteiger partial charge < -0.3 is 25.7 Å². The third-order valence-electron chi connectivity index (χ3n) is 2.46. The van der Waals surface area contributed by atoms with Gasteiger partial charge in [0.2, 0.25) is 0 Å². The number of aldehydes is 1. The molecule has 0 aliphatic rings. The molecule has 0 saturated carbocycles. The molecule has 1 aromatic heterocycles. The third-order valence-corrected chi connectivity index (χ3v) is 2.92. The molecule has 6 N–H and O–H groups in total. The molecule has 0 spiro atoms. The lowest BCUT2D eigenvalue weighted by Gasteiger charge is -2.09. The molecule has 1 heterocycles. The second-order valence-corrected chi connectivity index (χ2v) is 5.54. The molecule has 0 aromatic carbocycles. The Bertz CT molecular complexity index is 587. The zero-order chi connectivity index (χ0) is 18.0. The van der Waals surface area contributed by atoms with Crippen molar-refractivity contribution in [2.75, 3.05) is 6.54 Å². The zero-order valence-corrected chi connectivity index (χ0v) is 13.3. The molecule has 0 bridgehead atoms. The first kappa shape index (κ1) is 21.2. The smallest absolute Gasteiger partial charge is 0.469 e. The highest BCUT2D eigenvalue weighted by Crippen LogP contribution is 2.37. The summed E-state index contributed by atoms with van der Waals surface area (Å²) in [7, 11) is -4.61. The molecule has 0 aliphatic carbocycles. The van der Waals surface area contributed by atoms with Gasteiger partial charge in [-0.1, -0.05) is 0 Å². The number of aromatic hydroxyl groups is 1. The topological polar surface area (TPSA) is 180 Å². The minimum Gasteiger partial charge on any atom is -0.505 e. The Kier molecular flexibility index (Phi) is 9.23. The fraction of sp³-hybridized carbons (Fsp3) is 0.417. The minimum absolute atomic E-state index is 0.0825. The molecule has 1 rings (SSSR count). The van der Waals surface area contributed by atoms with E-state index in [0.29, 0.717) is 19.3 Å². The number of rotatable bonds is 7. The van der Waals surface area contributed by atoms with E-state index in [0.717, 1.165) is 0 Å². The summed E-state index contributed by atoms with van der Waals surface area (Å²) in [6.45, 7) is 1.46. The maximum atomic E-state index is 10.7. The van der Waals surface area contributed by atoms with Gasteiger partial charge in [0.05, 0.1) is 17.9 Å². The van der Waals surface area contributed by atoms with Gasteiger partial charge in [-0.2, -0.15) is 0 Å². The number of phosphoric ester groups is 1. The first-order chi connectivity index (χ1) is 10.6. The number of pyridine rings is 1. The van der Waals surface area contributed by atoms with Crippen molar-refractivity contribution in [3.05, 3.63) is 23.0 Å². The molecule has 0 aliphatic heterocycles. The summed E-state index contributed by atoms with van der Waals surface area (Å²) in [5.41, 5.74) is 5.30. The predicted molar refractivity (Wildman–Crippen MR) is 78.8 cm³/mol. The first-order valence-electron chi connectivity index (χ1n) is 6.37. The zero-order valence-electron chi connectivity index (χ0n) is 12.4. The number of carboxylic acids is 1. The lowest BCUT2D eigenvalue weighted by atomic mass is 10.1. The van der Waals surface area contributed by atoms with Gasteiger partial charge in [0.15, 0.2) is 6.29 Å². The van der Waals surface area contributed by atoms with E-state index >= 15 is 0 Å². The van der Waals surface area contributed by atoms with E-state index in [1.54, 1.807) is 0 Å². The van der Waals surface area contributed by atoms with Gasteiger partial charge in [0, 0.05) is 18.2 Å². The van der Waals surface area contributed by atoms with E-state index in [2.05, 4.69) is 9.51 Å². The Balaban J connectivity index is 0.000000585. The number of carbonyl (C=O) groups is 2. The number of hydrogen-bond donors (Lipinski definition) is 5. The molecular weight excluding hydrogens is 331 g/mol. The Hall–Kier alpha value is -1.84. The first-order valence-corrected chi connectivity index (χ1v) is 7.90. The van der Waals surface area contributed by atoms with E-state index in [1.165, 1.54) is 13.1 Å². The van der Waals surface area contributed by atoms with E-state index in [-0.39, 0.29) is 29.0 Å². The SMILES string of the molecule is Cc1ncc(COP(=O)(O)O)c(C=O)c1O.NCCCC(=O)O. The molecule has 0 amide bonds. The number of phosphoric acid groups is 1. The molecular formula is C12H19N2O8P. The van der Waals surface area contributed by atoms with Gasteiger partial charge in [-0.3, -0.25) is 19.1 Å². The normalized spacial score (nSPS) is 10.6. The average molecular weight is 350 g/mol. The number of aromatic nitrogens is 1. The molecule has 0 atom stereocenters. The largest absolute Gasteiger partial charge is 0.505 e. The lowest BCUT2D eigenvalue weighted by molar-refractivity contribution is -0.137. The lowest BCUT2D eigenvalue weighted by Crippen LogP contribution is -2.02. The van der Waals surface area contributed by atoms with Crippen LogP contribution in [0.5, 0.6) is 5.75 Å². The van der Waals surface area contributed by atoms with Gasteiger partial charge in [-0.05, 0) is 19.9 Å². The number of carbonyl (C=O) groups excluding carboxylic acids is 1. The van der Waals surface area contributed by atoms with Crippen molar-refractivity contribution >= 4 is 20.1 Å². The van der Waals surface area contributed by atoms with Crippen LogP contribution in [0.15, 0.2) is 6.20 Å². The monoisotopic (exact) mass is 350 g/mol. The summed E-state index contributed by atoms with van der Waals surface area (Å²) in [5, 5.41) is 17.5. The predicted octanol–water partition coefficient (Wildman–Crippen LogP) is 0.327. The highest BCUT2D eigenvalue weighted by molar-refractivity contribution is 7.46. The highest BCUT2D eigenvalue weighted by atomic mass is 31.2. The van der Waals surface area contributed by atoms with Crippen LogP contribution in [-0.4, -0.2) is 43.8 Å². The number of aryl methyl sites for hydroxylation is 1. The number of nitrogens with two attached hydrogens (primary N) is 1. The molecule has 1 aromatic rings. The Morgan fingerprint density at radius 2 is 2.09 bits per heavy atom. The van der Waals surface area contributed by atoms with Crippen LogP contribution in [0.3, 0.4) is 0 Å². The summed E-state index contributed by atoms with van der Waals surface area (Å²) >= 11 is 0. The fourth-order valence-corrected chi connectivity index (χ4v) is 1.61. The van der Waals surface area contributed by atoms with E-state index < -0.39 is 20.4 Å². The molecule has 0 fully saturated rings. The quantitative estimate of drug-likeness (QED) is 0.339. The summed E-state index contributed by atoms with van der Waals surface area (Å²) in [4.78, 5) is 41.1. The van der Waals surface area contributed by atoms with Gasteiger partial charge >= 0.3 is 13.8 Å². The van der Waals surface area contributed by atoms with E-state index in [1.807, 2.05) is 0 Å². The molecule has 0 radical (unpaired) electrons. The van der Waals surface area contributed by atoms with Crippen LogP contribution < -0.4 is 5.73 Å². The molecule has 10 nitrogen and oxygen atoms in total. The summed E-state index contributed by atoms with van der Waals surface area (Å²) in [6.07, 6.45) is 2.36. The van der Waals surface area contributed by atoms with Gasteiger partial charge in [0.25, 0.3) is 0 Å². The maximum Gasteiger partial charge on any atom is 0.469 e. The number of nitrogens with zero attached hydrogens (tertiary/aromatic N) is 1. The second-order valence-electron chi connectivity index (χ2n) is 4.30. The van der Waals surface area contributed by atoms with Gasteiger partial charge in [-0.15, -0.1) is 0 Å². The van der Waals surface area contributed by atoms with Crippen molar-refractivity contribution in [2.45, 2.75) is 26.4 Å². The van der Waals surface area contributed by atoms with Gasteiger partial charge in [-0.25, -0.2) is 4.57 Å². The van der Waals surface area contributed by atoms with Crippen LogP contribution in [0, 0.1) is 6.92 Å². The highest BCUT2D eigenvalue weighted by Gasteiger charge is 2.17. The van der Waals surface area contributed by atoms with Crippen LogP contribution in [0.25, 0.3) is 0 Å². The van der Waals surface area contributed by atoms with Crippen LogP contribution in [0.2, 0.25) is 0 Å². The number of aliphatic carboxylic acids is 1. The molecule has 0 unspecified atom stereocenters. The van der Waals surface area contributed by atoms with E-state index in [9.17, 15) is 19.3 Å². The average Bonchev–Trinajstić information content (AvgIpc) is 2.46. The van der Waals surface area contributed by atoms with Gasteiger partial charge in [0.1, 0.15) is 5.75 Å². The van der Waals surface area contributed by atoms with Crippen molar-refractivity contribution in [2.24, 2.45) is 5.73 Å². The van der Waals surface area contributed by atoms with Crippen molar-refractivity contribution in [3.8, 4) is 5.75 Å². The molecule has 11 heteroatoms. The Labute approximate surface area is 132 Å². The van der Waals surface area contributed by atoms with Crippen molar-refractivity contribution in [3.63, 3.8) is 0 Å². The van der Waals surface area contributed by atoms with E-state index in [4.69, 9.17) is 20.6 Å². The molecule has 130 valence electrons. The minimum atomic E-state index is -4.61. The van der Waals surface area contributed by atoms with Crippen molar-refractivity contribution in [1.82, 2.24) is 4.98 Å². The summed E-state index contributed by atoms with van der Waals surface area (Å²) in [5.74, 6) is -1.09. The van der Waals surface area contributed by atoms with Crippen molar-refractivity contribution < 1.29 is 38.7 Å². The second kappa shape index (κ2) is 10.0. The van der Waals surface area contributed by atoms with Crippen molar-refractivity contribution in [1.29, 1.82) is 0 Å². The fourth-order valence-electron chi connectivity index (χ4n) is 1.31. The van der Waals surface area contributed by atoms with Crippen LogP contribution in [0.1, 0.15) is 34.5 Å². The number of carboxylic acid groups (broad SMARTS) is 1. The van der Waals surface area contributed by atoms with Crippen LogP contribution in [-0.2, 0) is 20.5 Å². The Morgan fingerprint density at radius 3 is 2.48 bits per heavy atom. The maximum absolute atomic E-state index is 10.7. The Morgan fingerprint density at radius 1 is 1.48 bits per heavy atom. The summed E-state index contributed by atoms with van der Waals surface area (Å²) in [6, 6.07) is 0. The van der Waals surface area contributed by atoms with Crippen LogP contribution >= 0.6 is 7.82 Å². The molecule has 23 heavy (non-hydrogen) atoms. The third kappa shape index (κ3) is 9.01.